The van der Waals surface area contributed by atoms with Crippen LogP contribution in [-0.4, -0.2) is 37.2 Å². The zero-order chi connectivity index (χ0) is 17.7. The second-order valence-corrected chi connectivity index (χ2v) is 7.35. The van der Waals surface area contributed by atoms with E-state index in [1.807, 2.05) is 0 Å². The second kappa shape index (κ2) is 7.50. The molecule has 0 aliphatic heterocycles. The van der Waals surface area contributed by atoms with Gasteiger partial charge in [-0.1, -0.05) is 18.2 Å². The second-order valence-electron chi connectivity index (χ2n) is 5.78. The summed E-state index contributed by atoms with van der Waals surface area (Å²) in [5.74, 6) is -0.628. The van der Waals surface area contributed by atoms with E-state index in [0.717, 1.165) is 0 Å². The topological polar surface area (TPSA) is 75.6 Å². The maximum Gasteiger partial charge on any atom is 0.573 e. The fourth-order valence-corrected chi connectivity index (χ4v) is 2.60. The Morgan fingerprint density at radius 2 is 1.83 bits per heavy atom. The van der Waals surface area contributed by atoms with Crippen LogP contribution in [0.25, 0.3) is 0 Å². The number of ether oxygens (including phenoxy) is 1. The molecule has 0 saturated carbocycles. The van der Waals surface area contributed by atoms with E-state index in [1.54, 1.807) is 26.0 Å². The Kier molecular flexibility index (Phi) is 6.43. The van der Waals surface area contributed by atoms with Crippen molar-refractivity contribution in [1.29, 1.82) is 0 Å². The summed E-state index contributed by atoms with van der Waals surface area (Å²) < 4.78 is 71.1. The van der Waals surface area contributed by atoms with Gasteiger partial charge in [-0.2, -0.15) is 8.42 Å². The Labute approximate surface area is 133 Å². The Morgan fingerprint density at radius 3 is 2.39 bits per heavy atom. The van der Waals surface area contributed by atoms with Gasteiger partial charge >= 0.3 is 6.36 Å². The summed E-state index contributed by atoms with van der Waals surface area (Å²) in [6.07, 6.45) is -4.31. The predicted molar refractivity (Wildman–Crippen MR) is 79.9 cm³/mol. The molecule has 0 fully saturated rings. The molecule has 0 bridgehead atoms. The van der Waals surface area contributed by atoms with Gasteiger partial charge in [-0.05, 0) is 44.9 Å². The van der Waals surface area contributed by atoms with Gasteiger partial charge in [0.05, 0.1) is 5.75 Å². The normalized spacial score (nSPS) is 13.1. The first-order valence-corrected chi connectivity index (χ1v) is 8.53. The molecule has 0 spiro atoms. The summed E-state index contributed by atoms with van der Waals surface area (Å²) in [6, 6.07) is 5.87. The highest BCUT2D eigenvalue weighted by Crippen LogP contribution is 2.28. The van der Waals surface area contributed by atoms with E-state index in [0.29, 0.717) is 12.1 Å². The number of hydrogen-bond donors (Lipinski definition) is 2. The quantitative estimate of drug-likeness (QED) is 0.554. The maximum absolute atomic E-state index is 12.4. The Hall–Kier alpha value is -1.32. The third-order valence-electron chi connectivity index (χ3n) is 3.01. The van der Waals surface area contributed by atoms with E-state index in [2.05, 4.69) is 10.1 Å². The van der Waals surface area contributed by atoms with Gasteiger partial charge in [-0.25, -0.2) is 0 Å². The van der Waals surface area contributed by atoms with Gasteiger partial charge in [0, 0.05) is 5.54 Å². The molecule has 2 N–H and O–H groups in total. The lowest BCUT2D eigenvalue weighted by molar-refractivity contribution is -0.274. The molecule has 0 saturated heterocycles. The maximum atomic E-state index is 12.4. The first kappa shape index (κ1) is 19.7. The minimum atomic E-state index is -4.76. The van der Waals surface area contributed by atoms with Crippen molar-refractivity contribution in [2.75, 3.05) is 12.3 Å². The van der Waals surface area contributed by atoms with Crippen LogP contribution in [0.2, 0.25) is 0 Å². The minimum absolute atomic E-state index is 0.197. The average molecular weight is 355 g/mol. The Balaban J connectivity index is 2.66. The molecular weight excluding hydrogens is 335 g/mol. The lowest BCUT2D eigenvalue weighted by Gasteiger charge is -2.27. The summed E-state index contributed by atoms with van der Waals surface area (Å²) in [5, 5.41) is 3.06. The molecule has 5 nitrogen and oxygen atoms in total. The van der Waals surface area contributed by atoms with Gasteiger partial charge in [0.2, 0.25) is 0 Å². The van der Waals surface area contributed by atoms with Gasteiger partial charge in [0.25, 0.3) is 10.1 Å². The van der Waals surface area contributed by atoms with Gasteiger partial charge in [-0.15, -0.1) is 13.2 Å². The third kappa shape index (κ3) is 8.77. The van der Waals surface area contributed by atoms with Gasteiger partial charge in [0.1, 0.15) is 5.75 Å². The van der Waals surface area contributed by atoms with Crippen LogP contribution >= 0.6 is 0 Å². The van der Waals surface area contributed by atoms with E-state index in [9.17, 15) is 21.6 Å². The lowest BCUT2D eigenvalue weighted by Crippen LogP contribution is -2.42. The zero-order valence-corrected chi connectivity index (χ0v) is 13.7. The number of alkyl halides is 3. The van der Waals surface area contributed by atoms with Crippen molar-refractivity contribution in [2.45, 2.75) is 38.6 Å². The van der Waals surface area contributed by atoms with E-state index in [1.165, 1.54) is 12.1 Å². The molecule has 0 heterocycles. The number of para-hydroxylation sites is 1. The van der Waals surface area contributed by atoms with Gasteiger partial charge in [-0.3, -0.25) is 4.55 Å². The first-order chi connectivity index (χ1) is 10.4. The van der Waals surface area contributed by atoms with Crippen LogP contribution in [0.4, 0.5) is 13.2 Å². The smallest absolute Gasteiger partial charge is 0.406 e. The fraction of sp³-hybridized carbons (Fsp3) is 0.571. The van der Waals surface area contributed by atoms with Crippen molar-refractivity contribution < 1.29 is 30.9 Å². The third-order valence-corrected chi connectivity index (χ3v) is 3.82. The zero-order valence-electron chi connectivity index (χ0n) is 12.9. The molecule has 0 atom stereocenters. The Bertz CT molecular complexity index is 615. The van der Waals surface area contributed by atoms with Crippen LogP contribution in [0, 0.1) is 0 Å². The largest absolute Gasteiger partial charge is 0.573 e. The summed E-state index contributed by atoms with van der Waals surface area (Å²) in [5.41, 5.74) is -0.193. The monoisotopic (exact) mass is 355 g/mol. The molecule has 0 aromatic heterocycles. The van der Waals surface area contributed by atoms with Crippen molar-refractivity contribution in [3.63, 3.8) is 0 Å². The highest BCUT2D eigenvalue weighted by atomic mass is 32.2. The Morgan fingerprint density at radius 1 is 1.22 bits per heavy atom. The van der Waals surface area contributed by atoms with Crippen LogP contribution in [0.5, 0.6) is 5.75 Å². The molecule has 1 aromatic carbocycles. The predicted octanol–water partition coefficient (Wildman–Crippen LogP) is 2.77. The van der Waals surface area contributed by atoms with Crippen molar-refractivity contribution in [3.05, 3.63) is 29.8 Å². The number of nitrogens with one attached hydrogen (secondary N) is 1. The van der Waals surface area contributed by atoms with Crippen LogP contribution < -0.4 is 10.1 Å². The first-order valence-electron chi connectivity index (χ1n) is 6.92. The van der Waals surface area contributed by atoms with E-state index in [-0.39, 0.29) is 24.3 Å². The molecule has 0 radical (unpaired) electrons. The van der Waals surface area contributed by atoms with Crippen molar-refractivity contribution >= 4 is 10.1 Å². The van der Waals surface area contributed by atoms with Crippen LogP contribution in [0.3, 0.4) is 0 Å². The minimum Gasteiger partial charge on any atom is -0.406 e. The molecule has 132 valence electrons. The van der Waals surface area contributed by atoms with E-state index in [4.69, 9.17) is 4.55 Å². The molecule has 0 amide bonds. The summed E-state index contributed by atoms with van der Waals surface area (Å²) >= 11 is 0. The highest BCUT2D eigenvalue weighted by Gasteiger charge is 2.32. The molecule has 0 aliphatic carbocycles. The van der Waals surface area contributed by atoms with Crippen molar-refractivity contribution in [2.24, 2.45) is 0 Å². The van der Waals surface area contributed by atoms with Crippen LogP contribution in [0.1, 0.15) is 25.8 Å². The fourth-order valence-electron chi connectivity index (χ4n) is 2.09. The van der Waals surface area contributed by atoms with Crippen LogP contribution in [0.15, 0.2) is 24.3 Å². The molecule has 1 aromatic rings. The summed E-state index contributed by atoms with van der Waals surface area (Å²) in [6.45, 7) is 3.87. The van der Waals surface area contributed by atoms with Gasteiger partial charge in [0.15, 0.2) is 0 Å². The average Bonchev–Trinajstić information content (AvgIpc) is 2.34. The molecule has 23 heavy (non-hydrogen) atoms. The number of halogens is 3. The van der Waals surface area contributed by atoms with Crippen LogP contribution in [-0.2, 0) is 16.5 Å². The molecule has 0 aliphatic rings. The molecule has 9 heteroatoms. The standard InChI is InChI=1S/C14H20F3NO4S/c1-13(2,18-8-5-9-23(19,20)21)10-11-6-3-4-7-12(11)22-14(15,16)17/h3-4,6-7,18H,5,8-10H2,1-2H3,(H,19,20,21). The van der Waals surface area contributed by atoms with E-state index >= 15 is 0 Å². The number of hydrogen-bond acceptors (Lipinski definition) is 4. The highest BCUT2D eigenvalue weighted by molar-refractivity contribution is 7.85. The summed E-state index contributed by atoms with van der Waals surface area (Å²) in [4.78, 5) is 0. The van der Waals surface area contributed by atoms with Crippen molar-refractivity contribution in [3.8, 4) is 5.75 Å². The SMILES string of the molecule is CC(C)(Cc1ccccc1OC(F)(F)F)NCCCS(=O)(=O)O. The summed E-state index contributed by atoms with van der Waals surface area (Å²) in [7, 11) is -4.01. The molecule has 1 rings (SSSR count). The van der Waals surface area contributed by atoms with Crippen molar-refractivity contribution in [1.82, 2.24) is 5.32 Å². The molecule has 0 unspecified atom stereocenters. The van der Waals surface area contributed by atoms with Gasteiger partial charge < -0.3 is 10.1 Å². The molecular formula is C14H20F3NO4S. The lowest BCUT2D eigenvalue weighted by atomic mass is 9.94. The number of rotatable bonds is 8. The van der Waals surface area contributed by atoms with E-state index < -0.39 is 22.0 Å². The number of benzene rings is 1.